The van der Waals surface area contributed by atoms with E-state index in [1.807, 2.05) is 30.3 Å². The van der Waals surface area contributed by atoms with E-state index in [2.05, 4.69) is 27.8 Å². The van der Waals surface area contributed by atoms with Crippen molar-refractivity contribution in [2.75, 3.05) is 37.6 Å². The number of anilines is 1. The number of hydrogen-bond acceptors (Lipinski definition) is 7. The summed E-state index contributed by atoms with van der Waals surface area (Å²) in [7, 11) is 0. The third kappa shape index (κ3) is 3.33. The van der Waals surface area contributed by atoms with Gasteiger partial charge < -0.3 is 4.90 Å². The number of likely N-dealkylation sites (tertiary alicyclic amines) is 1. The summed E-state index contributed by atoms with van der Waals surface area (Å²) < 4.78 is 1.66. The van der Waals surface area contributed by atoms with Crippen molar-refractivity contribution in [2.45, 2.75) is 45.2 Å². The van der Waals surface area contributed by atoms with Crippen LogP contribution >= 0.6 is 0 Å². The van der Waals surface area contributed by atoms with E-state index in [1.165, 1.54) is 32.4 Å². The van der Waals surface area contributed by atoms with E-state index < -0.39 is 0 Å². The quantitative estimate of drug-likeness (QED) is 0.745. The van der Waals surface area contributed by atoms with Crippen LogP contribution in [-0.4, -0.2) is 75.6 Å². The largest absolute Gasteiger partial charge is 0.369 e. The predicted octanol–water partition coefficient (Wildman–Crippen LogP) is 2.14. The highest BCUT2D eigenvalue weighted by atomic mass is 16.1. The van der Waals surface area contributed by atoms with E-state index in [4.69, 9.17) is 10.1 Å². The number of pyridine rings is 1. The van der Waals surface area contributed by atoms with Crippen LogP contribution in [0.2, 0.25) is 0 Å². The minimum Gasteiger partial charge on any atom is -0.369 e. The van der Waals surface area contributed by atoms with Crippen molar-refractivity contribution in [3.05, 3.63) is 52.1 Å². The van der Waals surface area contributed by atoms with E-state index in [0.717, 1.165) is 36.7 Å². The molecule has 0 N–H and O–H groups in total. The highest BCUT2D eigenvalue weighted by molar-refractivity contribution is 6.15. The van der Waals surface area contributed by atoms with Gasteiger partial charge in [-0.25, -0.2) is 9.99 Å². The summed E-state index contributed by atoms with van der Waals surface area (Å²) in [6.45, 7) is 9.39. The highest BCUT2D eigenvalue weighted by Crippen LogP contribution is 2.26. The van der Waals surface area contributed by atoms with Gasteiger partial charge in [0.1, 0.15) is 17.2 Å². The van der Waals surface area contributed by atoms with Gasteiger partial charge in [0, 0.05) is 31.4 Å². The first-order valence-electron chi connectivity index (χ1n) is 11.7. The second kappa shape index (κ2) is 7.55. The third-order valence-electron chi connectivity index (χ3n) is 7.05. The lowest BCUT2D eigenvalue weighted by molar-refractivity contribution is 0.260. The Labute approximate surface area is 187 Å². The van der Waals surface area contributed by atoms with E-state index >= 15 is 0 Å². The Morgan fingerprint density at radius 1 is 1.09 bits per heavy atom. The van der Waals surface area contributed by atoms with E-state index in [-0.39, 0.29) is 11.6 Å². The first-order valence-corrected chi connectivity index (χ1v) is 11.7. The maximum atomic E-state index is 13.0. The number of hydrogen-bond donors (Lipinski definition) is 0. The predicted molar refractivity (Wildman–Crippen MR) is 127 cm³/mol. The average molecular weight is 432 g/mol. The van der Waals surface area contributed by atoms with Gasteiger partial charge in [-0.05, 0) is 70.0 Å². The van der Waals surface area contributed by atoms with E-state index in [1.54, 1.807) is 10.5 Å². The Bertz CT molecular complexity index is 1220. The summed E-state index contributed by atoms with van der Waals surface area (Å²) in [6, 6.07) is 6.49. The Hall–Kier alpha value is -3.00. The molecular weight excluding hydrogens is 402 g/mol. The topological polar surface area (TPSA) is 68.8 Å². The fourth-order valence-electron chi connectivity index (χ4n) is 5.39. The zero-order chi connectivity index (χ0) is 21.8. The van der Waals surface area contributed by atoms with Crippen LogP contribution < -0.4 is 10.5 Å². The molecule has 0 bridgehead atoms. The van der Waals surface area contributed by atoms with Gasteiger partial charge in [-0.15, -0.1) is 0 Å². The summed E-state index contributed by atoms with van der Waals surface area (Å²) in [5.41, 5.74) is 4.04. The van der Waals surface area contributed by atoms with Crippen LogP contribution in [0.4, 0.5) is 5.69 Å². The van der Waals surface area contributed by atoms with Gasteiger partial charge in [0.15, 0.2) is 0 Å². The molecule has 8 nitrogen and oxygen atoms in total. The Balaban J connectivity index is 1.28. The molecule has 8 heteroatoms. The Morgan fingerprint density at radius 2 is 1.94 bits per heavy atom. The molecule has 2 unspecified atom stereocenters. The summed E-state index contributed by atoms with van der Waals surface area (Å²) >= 11 is 0. The third-order valence-corrected chi connectivity index (χ3v) is 7.05. The minimum atomic E-state index is -0.0786. The molecule has 2 atom stereocenters. The summed E-state index contributed by atoms with van der Waals surface area (Å²) in [6.07, 6.45) is 7.75. The SMILES string of the molecule is CC1=CC(c2cc(=O)n3cc(N4CCC(N5CCCC5)C4)ccc3n2)=NN2CC(C)N=C12. The zero-order valence-electron chi connectivity index (χ0n) is 18.7. The highest BCUT2D eigenvalue weighted by Gasteiger charge is 2.30. The molecule has 166 valence electrons. The van der Waals surface area contributed by atoms with Crippen LogP contribution in [0.3, 0.4) is 0 Å². The fourth-order valence-corrected chi connectivity index (χ4v) is 5.39. The van der Waals surface area contributed by atoms with Crippen molar-refractivity contribution in [1.29, 1.82) is 0 Å². The molecule has 6 heterocycles. The number of aromatic nitrogens is 2. The lowest BCUT2D eigenvalue weighted by Crippen LogP contribution is -2.35. The first kappa shape index (κ1) is 19.7. The fraction of sp³-hybridized carbons (Fsp3) is 0.500. The maximum Gasteiger partial charge on any atom is 0.258 e. The van der Waals surface area contributed by atoms with E-state index in [9.17, 15) is 4.79 Å². The molecule has 0 spiro atoms. The van der Waals surface area contributed by atoms with E-state index in [0.29, 0.717) is 23.1 Å². The van der Waals surface area contributed by atoms with Gasteiger partial charge in [0.25, 0.3) is 5.56 Å². The number of nitrogens with zero attached hydrogens (tertiary/aromatic N) is 7. The number of allylic oxidation sites excluding steroid dienone is 1. The number of rotatable bonds is 3. The summed E-state index contributed by atoms with van der Waals surface area (Å²) in [5, 5.41) is 6.63. The first-order chi connectivity index (χ1) is 15.5. The maximum absolute atomic E-state index is 13.0. The van der Waals surface area contributed by atoms with Crippen molar-refractivity contribution in [1.82, 2.24) is 19.3 Å². The minimum absolute atomic E-state index is 0.0786. The molecule has 2 saturated heterocycles. The standard InChI is InChI=1S/C24H29N7O/c1-16-11-21(27-31-13-17(2)25-24(16)31)20-12-23(32)30-15-18(5-6-22(30)26-20)29-10-7-19(14-29)28-8-3-4-9-28/h5-6,11-12,15,17,19H,3-4,7-10,13-14H2,1-2H3. The molecule has 32 heavy (non-hydrogen) atoms. The van der Waals surface area contributed by atoms with Gasteiger partial charge >= 0.3 is 0 Å². The zero-order valence-corrected chi connectivity index (χ0v) is 18.7. The Kier molecular flexibility index (Phi) is 4.64. The lowest BCUT2D eigenvalue weighted by Gasteiger charge is -2.24. The van der Waals surface area contributed by atoms with Crippen LogP contribution in [0.5, 0.6) is 0 Å². The summed E-state index contributed by atoms with van der Waals surface area (Å²) in [5.74, 6) is 0.918. The summed E-state index contributed by atoms with van der Waals surface area (Å²) in [4.78, 5) is 27.5. The van der Waals surface area contributed by atoms with Crippen LogP contribution in [0.1, 0.15) is 38.8 Å². The molecule has 4 aliphatic rings. The normalized spacial score (nSPS) is 25.9. The van der Waals surface area contributed by atoms with Crippen molar-refractivity contribution < 1.29 is 0 Å². The van der Waals surface area contributed by atoms with Gasteiger partial charge in [0.05, 0.1) is 24.0 Å². The molecule has 0 aromatic carbocycles. The van der Waals surface area contributed by atoms with Crippen molar-refractivity contribution in [3.63, 3.8) is 0 Å². The molecule has 0 radical (unpaired) electrons. The second-order valence-corrected chi connectivity index (χ2v) is 9.42. The van der Waals surface area contributed by atoms with Crippen molar-refractivity contribution in [3.8, 4) is 0 Å². The molecule has 2 aromatic rings. The van der Waals surface area contributed by atoms with Gasteiger partial charge in [-0.3, -0.25) is 19.1 Å². The molecule has 2 aromatic heterocycles. The molecule has 4 aliphatic heterocycles. The van der Waals surface area contributed by atoms with Crippen LogP contribution in [0.25, 0.3) is 5.65 Å². The van der Waals surface area contributed by atoms with Crippen LogP contribution in [0, 0.1) is 0 Å². The van der Waals surface area contributed by atoms with Crippen LogP contribution in [-0.2, 0) is 0 Å². The Morgan fingerprint density at radius 3 is 2.78 bits per heavy atom. The van der Waals surface area contributed by atoms with Gasteiger partial charge in [-0.2, -0.15) is 5.10 Å². The number of fused-ring (bicyclic) bond motifs is 2. The van der Waals surface area contributed by atoms with Crippen molar-refractivity contribution in [2.24, 2.45) is 10.1 Å². The molecule has 0 saturated carbocycles. The molecule has 0 amide bonds. The molecule has 0 aliphatic carbocycles. The average Bonchev–Trinajstić information content (AvgIpc) is 3.53. The lowest BCUT2D eigenvalue weighted by atomic mass is 10.1. The number of hydrazone groups is 1. The number of aliphatic imine (C=N–C) groups is 1. The van der Waals surface area contributed by atoms with Crippen LogP contribution in [0.15, 0.2) is 50.9 Å². The number of amidine groups is 1. The van der Waals surface area contributed by atoms with Gasteiger partial charge in [-0.1, -0.05) is 0 Å². The van der Waals surface area contributed by atoms with Crippen molar-refractivity contribution >= 4 is 22.9 Å². The molecule has 6 rings (SSSR count). The molecular formula is C24H29N7O. The second-order valence-electron chi connectivity index (χ2n) is 9.42. The molecule has 2 fully saturated rings. The van der Waals surface area contributed by atoms with Gasteiger partial charge in [0.2, 0.25) is 0 Å². The monoisotopic (exact) mass is 431 g/mol. The smallest absolute Gasteiger partial charge is 0.258 e.